The third kappa shape index (κ3) is 2.53. The summed E-state index contributed by atoms with van der Waals surface area (Å²) in [6.07, 6.45) is 9.49. The first-order valence-electron chi connectivity index (χ1n) is 7.64. The lowest BCUT2D eigenvalue weighted by atomic mass is 9.54. The molecule has 0 amide bonds. The summed E-state index contributed by atoms with van der Waals surface area (Å²) in [6.45, 7) is 3.00. The zero-order chi connectivity index (χ0) is 11.8. The van der Waals surface area contributed by atoms with Gasteiger partial charge in [0.05, 0.1) is 6.10 Å². The van der Waals surface area contributed by atoms with Gasteiger partial charge in [-0.05, 0) is 82.1 Å². The summed E-state index contributed by atoms with van der Waals surface area (Å²) < 4.78 is 0. The van der Waals surface area contributed by atoms with E-state index in [9.17, 15) is 5.11 Å². The largest absolute Gasteiger partial charge is 0.393 e. The molecule has 17 heavy (non-hydrogen) atoms. The Hall–Kier alpha value is -0.0800. The second kappa shape index (κ2) is 4.89. The maximum Gasteiger partial charge on any atom is 0.0512 e. The molecule has 1 atom stereocenters. The molecule has 4 aliphatic rings. The van der Waals surface area contributed by atoms with Crippen LogP contribution in [0.5, 0.6) is 0 Å². The highest BCUT2D eigenvalue weighted by molar-refractivity contribution is 5.01. The van der Waals surface area contributed by atoms with Crippen molar-refractivity contribution in [2.75, 3.05) is 6.54 Å². The summed E-state index contributed by atoms with van der Waals surface area (Å²) in [6, 6.07) is 0.816. The fourth-order valence-corrected chi connectivity index (χ4v) is 4.92. The predicted octanol–water partition coefficient (Wildman–Crippen LogP) is 2.56. The normalized spacial score (nSPS) is 45.2. The smallest absolute Gasteiger partial charge is 0.0512 e. The van der Waals surface area contributed by atoms with Gasteiger partial charge >= 0.3 is 0 Å². The monoisotopic (exact) mass is 237 g/mol. The van der Waals surface area contributed by atoms with Gasteiger partial charge in [0.15, 0.2) is 0 Å². The van der Waals surface area contributed by atoms with Gasteiger partial charge in [0.25, 0.3) is 0 Å². The van der Waals surface area contributed by atoms with Gasteiger partial charge in [-0.15, -0.1) is 0 Å². The van der Waals surface area contributed by atoms with Crippen LogP contribution in [0, 0.1) is 23.7 Å². The minimum absolute atomic E-state index is 0.129. The third-order valence-electron chi connectivity index (χ3n) is 5.41. The molecule has 2 nitrogen and oxygen atoms in total. The van der Waals surface area contributed by atoms with Gasteiger partial charge in [0, 0.05) is 6.04 Å². The van der Waals surface area contributed by atoms with Gasteiger partial charge in [-0.3, -0.25) is 0 Å². The lowest BCUT2D eigenvalue weighted by molar-refractivity contribution is -0.0137. The zero-order valence-corrected chi connectivity index (χ0v) is 11.1. The Morgan fingerprint density at radius 1 is 1.06 bits per heavy atom. The molecule has 2 N–H and O–H groups in total. The quantitative estimate of drug-likeness (QED) is 0.720. The average molecular weight is 237 g/mol. The van der Waals surface area contributed by atoms with Crippen LogP contribution in [-0.2, 0) is 0 Å². The average Bonchev–Trinajstić information content (AvgIpc) is 2.25. The van der Waals surface area contributed by atoms with Crippen LogP contribution >= 0.6 is 0 Å². The molecule has 0 aromatic carbocycles. The Morgan fingerprint density at radius 2 is 1.65 bits per heavy atom. The van der Waals surface area contributed by atoms with E-state index in [0.29, 0.717) is 0 Å². The summed E-state index contributed by atoms with van der Waals surface area (Å²) in [5, 5.41) is 13.1. The van der Waals surface area contributed by atoms with E-state index in [1.807, 2.05) is 6.92 Å². The highest BCUT2D eigenvalue weighted by Gasteiger charge is 2.47. The fourth-order valence-electron chi connectivity index (χ4n) is 4.92. The Balaban J connectivity index is 1.47. The fraction of sp³-hybridized carbons (Fsp3) is 1.00. The van der Waals surface area contributed by atoms with Crippen molar-refractivity contribution in [2.45, 2.75) is 64.0 Å². The van der Waals surface area contributed by atoms with Crippen molar-refractivity contribution in [1.82, 2.24) is 5.32 Å². The second-order valence-corrected chi connectivity index (χ2v) is 6.90. The maximum atomic E-state index is 9.26. The number of hydrogen-bond acceptors (Lipinski definition) is 2. The predicted molar refractivity (Wildman–Crippen MR) is 69.8 cm³/mol. The van der Waals surface area contributed by atoms with Crippen molar-refractivity contribution < 1.29 is 5.11 Å². The first-order valence-corrected chi connectivity index (χ1v) is 7.64. The number of nitrogens with one attached hydrogen (secondary N) is 1. The molecule has 0 aromatic rings. The highest BCUT2D eigenvalue weighted by atomic mass is 16.3. The van der Waals surface area contributed by atoms with Crippen molar-refractivity contribution in [2.24, 2.45) is 23.7 Å². The molecule has 4 aliphatic carbocycles. The molecular weight excluding hydrogens is 210 g/mol. The summed E-state index contributed by atoms with van der Waals surface area (Å²) >= 11 is 0. The molecule has 0 aliphatic heterocycles. The van der Waals surface area contributed by atoms with E-state index in [1.54, 1.807) is 6.42 Å². The summed E-state index contributed by atoms with van der Waals surface area (Å²) in [5.41, 5.74) is 0. The minimum Gasteiger partial charge on any atom is -0.393 e. The van der Waals surface area contributed by atoms with Crippen LogP contribution in [0.25, 0.3) is 0 Å². The van der Waals surface area contributed by atoms with Gasteiger partial charge in [-0.1, -0.05) is 0 Å². The minimum atomic E-state index is -0.129. The van der Waals surface area contributed by atoms with E-state index >= 15 is 0 Å². The molecule has 0 radical (unpaired) electrons. The number of rotatable bonds is 5. The Kier molecular flexibility index (Phi) is 3.45. The molecular formula is C15H27NO. The van der Waals surface area contributed by atoms with Crippen molar-refractivity contribution in [3.63, 3.8) is 0 Å². The SMILES string of the molecule is CC(O)CCCNC1C2CC3CC(C2)CC1C3. The van der Waals surface area contributed by atoms with Crippen LogP contribution in [0.15, 0.2) is 0 Å². The molecule has 0 aromatic heterocycles. The molecule has 4 fully saturated rings. The third-order valence-corrected chi connectivity index (χ3v) is 5.41. The first-order chi connectivity index (χ1) is 8.22. The van der Waals surface area contributed by atoms with Gasteiger partial charge in [0.2, 0.25) is 0 Å². The van der Waals surface area contributed by atoms with Crippen LogP contribution in [0.4, 0.5) is 0 Å². The van der Waals surface area contributed by atoms with E-state index in [1.165, 1.54) is 25.7 Å². The molecule has 4 saturated carbocycles. The first kappa shape index (κ1) is 12.0. The molecule has 4 rings (SSSR count). The van der Waals surface area contributed by atoms with E-state index < -0.39 is 0 Å². The lowest BCUT2D eigenvalue weighted by Crippen LogP contribution is -2.54. The Bertz CT molecular complexity index is 236. The topological polar surface area (TPSA) is 32.3 Å². The second-order valence-electron chi connectivity index (χ2n) is 6.90. The van der Waals surface area contributed by atoms with Crippen LogP contribution < -0.4 is 5.32 Å². The molecule has 0 spiro atoms. The van der Waals surface area contributed by atoms with E-state index in [0.717, 1.165) is 49.1 Å². The van der Waals surface area contributed by atoms with Gasteiger partial charge < -0.3 is 10.4 Å². The van der Waals surface area contributed by atoms with Crippen LogP contribution in [-0.4, -0.2) is 23.8 Å². The maximum absolute atomic E-state index is 9.26. The molecule has 2 heteroatoms. The van der Waals surface area contributed by atoms with E-state index in [-0.39, 0.29) is 6.10 Å². The van der Waals surface area contributed by atoms with Crippen LogP contribution in [0.2, 0.25) is 0 Å². The van der Waals surface area contributed by atoms with Crippen molar-refractivity contribution in [3.8, 4) is 0 Å². The standard InChI is InChI=1S/C15H27NO/c1-10(17)3-2-4-16-15-13-6-11-5-12(8-13)9-14(15)7-11/h10-17H,2-9H2,1H3. The number of hydrogen-bond donors (Lipinski definition) is 2. The van der Waals surface area contributed by atoms with Crippen molar-refractivity contribution in [1.29, 1.82) is 0 Å². The molecule has 1 unspecified atom stereocenters. The van der Waals surface area contributed by atoms with Crippen LogP contribution in [0.3, 0.4) is 0 Å². The van der Waals surface area contributed by atoms with Crippen molar-refractivity contribution in [3.05, 3.63) is 0 Å². The van der Waals surface area contributed by atoms with E-state index in [2.05, 4.69) is 5.32 Å². The summed E-state index contributed by atoms with van der Waals surface area (Å²) in [7, 11) is 0. The lowest BCUT2D eigenvalue weighted by Gasteiger charge is -2.54. The van der Waals surface area contributed by atoms with Gasteiger partial charge in [0.1, 0.15) is 0 Å². The molecule has 0 saturated heterocycles. The van der Waals surface area contributed by atoms with Crippen LogP contribution in [0.1, 0.15) is 51.9 Å². The molecule has 98 valence electrons. The van der Waals surface area contributed by atoms with Gasteiger partial charge in [-0.2, -0.15) is 0 Å². The number of aliphatic hydroxyl groups excluding tert-OH is 1. The van der Waals surface area contributed by atoms with Gasteiger partial charge in [-0.25, -0.2) is 0 Å². The Labute approximate surface area is 105 Å². The molecule has 0 heterocycles. The zero-order valence-electron chi connectivity index (χ0n) is 11.1. The molecule has 4 bridgehead atoms. The van der Waals surface area contributed by atoms with E-state index in [4.69, 9.17) is 0 Å². The Morgan fingerprint density at radius 3 is 2.18 bits per heavy atom. The number of aliphatic hydroxyl groups is 1. The van der Waals surface area contributed by atoms with Crippen molar-refractivity contribution >= 4 is 0 Å². The summed E-state index contributed by atoms with van der Waals surface area (Å²) in [5.74, 6) is 4.12. The summed E-state index contributed by atoms with van der Waals surface area (Å²) in [4.78, 5) is 0. The highest BCUT2D eigenvalue weighted by Crippen LogP contribution is 2.53.